The number of nitrogens with one attached hydrogen (secondary N) is 1. The lowest BCUT2D eigenvalue weighted by atomic mass is 9.76. The fourth-order valence-electron chi connectivity index (χ4n) is 4.15. The predicted molar refractivity (Wildman–Crippen MR) is 131 cm³/mol. The molecular formula is C26H31NO5S. The van der Waals surface area contributed by atoms with Crippen molar-refractivity contribution in [1.29, 1.82) is 0 Å². The smallest absolute Gasteiger partial charge is 0.341 e. The lowest BCUT2D eigenvalue weighted by Gasteiger charge is -2.29. The Morgan fingerprint density at radius 2 is 1.61 bits per heavy atom. The molecule has 1 aliphatic rings. The molecule has 2 aromatic rings. The van der Waals surface area contributed by atoms with Gasteiger partial charge in [-0.15, -0.1) is 11.3 Å². The van der Waals surface area contributed by atoms with E-state index in [1.54, 1.807) is 0 Å². The van der Waals surface area contributed by atoms with Crippen molar-refractivity contribution >= 4 is 34.2 Å². The number of hydrogen-bond acceptors (Lipinski definition) is 5. The summed E-state index contributed by atoms with van der Waals surface area (Å²) in [4.78, 5) is 37.6. The molecule has 1 aliphatic carbocycles. The van der Waals surface area contributed by atoms with E-state index in [4.69, 9.17) is 4.74 Å². The molecule has 0 unspecified atom stereocenters. The Kier molecular flexibility index (Phi) is 7.12. The molecular weight excluding hydrogens is 438 g/mol. The Balaban J connectivity index is 1.94. The lowest BCUT2D eigenvalue weighted by molar-refractivity contribution is -0.146. The van der Waals surface area contributed by atoms with E-state index >= 15 is 0 Å². The number of rotatable bonds is 5. The molecule has 0 saturated carbocycles. The summed E-state index contributed by atoms with van der Waals surface area (Å²) in [7, 11) is 1.30. The molecule has 0 saturated heterocycles. The molecule has 2 N–H and O–H groups in total. The van der Waals surface area contributed by atoms with Crippen molar-refractivity contribution in [3.8, 4) is 11.1 Å². The number of carbonyl (C=O) groups excluding carboxylic acids is 2. The summed E-state index contributed by atoms with van der Waals surface area (Å²) >= 11 is 1.24. The van der Waals surface area contributed by atoms with Gasteiger partial charge in [-0.2, -0.15) is 0 Å². The van der Waals surface area contributed by atoms with Crippen LogP contribution in [0, 0.1) is 11.8 Å². The van der Waals surface area contributed by atoms with Gasteiger partial charge in [0.2, 0.25) is 5.91 Å². The van der Waals surface area contributed by atoms with Crippen LogP contribution in [0.4, 0.5) is 5.00 Å². The number of benzene rings is 1. The summed E-state index contributed by atoms with van der Waals surface area (Å²) in [6.07, 6.45) is 0.730. The summed E-state index contributed by atoms with van der Waals surface area (Å²) in [6.45, 7) is 10.2. The molecule has 7 heteroatoms. The van der Waals surface area contributed by atoms with Gasteiger partial charge in [0.15, 0.2) is 0 Å². The van der Waals surface area contributed by atoms with E-state index in [1.165, 1.54) is 24.0 Å². The van der Waals surface area contributed by atoms with Crippen molar-refractivity contribution in [3.05, 3.63) is 51.9 Å². The first-order valence-electron chi connectivity index (χ1n) is 10.9. The number of anilines is 1. The first kappa shape index (κ1) is 24.7. The number of allylic oxidation sites excluding steroid dienone is 2. The standard InChI is InChI=1S/C26H31NO5S/c1-14-11-18(19(24(29)30)12-15(14)2)22(28)27-23-21(25(31)32-6)20(13-33-23)16-7-9-17(10-8-16)26(3,4)5/h7-10,13,18-19H,11-12H2,1-6H3,(H,27,28)(H,29,30)/t18-,19-/m0/s1. The second-order valence-corrected chi connectivity index (χ2v) is 10.6. The zero-order chi connectivity index (χ0) is 24.5. The number of ether oxygens (including phenoxy) is 1. The number of methoxy groups -OCH3 is 1. The van der Waals surface area contributed by atoms with Crippen LogP contribution in [0.5, 0.6) is 0 Å². The van der Waals surface area contributed by atoms with Crippen molar-refractivity contribution in [3.63, 3.8) is 0 Å². The van der Waals surface area contributed by atoms with Gasteiger partial charge in [0.05, 0.1) is 18.9 Å². The minimum atomic E-state index is -0.985. The SMILES string of the molecule is COC(=O)c1c(-c2ccc(C(C)(C)C)cc2)csc1NC(=O)[C@H]1CC(C)=C(C)C[C@@H]1C(=O)O. The molecule has 0 spiro atoms. The molecule has 0 aliphatic heterocycles. The molecule has 1 aromatic heterocycles. The van der Waals surface area contributed by atoms with Crippen LogP contribution >= 0.6 is 11.3 Å². The van der Waals surface area contributed by atoms with Crippen molar-refractivity contribution in [1.82, 2.24) is 0 Å². The van der Waals surface area contributed by atoms with Crippen LogP contribution in [-0.2, 0) is 19.7 Å². The molecule has 2 atom stereocenters. The van der Waals surface area contributed by atoms with E-state index in [0.29, 0.717) is 23.4 Å². The maximum Gasteiger partial charge on any atom is 0.341 e. The molecule has 0 bridgehead atoms. The number of carboxylic acids is 1. The van der Waals surface area contributed by atoms with E-state index in [9.17, 15) is 19.5 Å². The highest BCUT2D eigenvalue weighted by atomic mass is 32.1. The van der Waals surface area contributed by atoms with E-state index in [-0.39, 0.29) is 11.0 Å². The molecule has 3 rings (SSSR count). The zero-order valence-electron chi connectivity index (χ0n) is 19.9. The highest BCUT2D eigenvalue weighted by Gasteiger charge is 2.38. The minimum Gasteiger partial charge on any atom is -0.481 e. The van der Waals surface area contributed by atoms with E-state index in [0.717, 1.165) is 16.7 Å². The maximum absolute atomic E-state index is 13.2. The largest absolute Gasteiger partial charge is 0.481 e. The van der Waals surface area contributed by atoms with Crippen LogP contribution in [0.1, 0.15) is 63.4 Å². The fourth-order valence-corrected chi connectivity index (χ4v) is 5.11. The summed E-state index contributed by atoms with van der Waals surface area (Å²) in [5, 5.41) is 14.7. The fraction of sp³-hybridized carbons (Fsp3) is 0.423. The Morgan fingerprint density at radius 3 is 2.12 bits per heavy atom. The lowest BCUT2D eigenvalue weighted by Crippen LogP contribution is -2.36. The van der Waals surface area contributed by atoms with Crippen molar-refractivity contribution < 1.29 is 24.2 Å². The quantitative estimate of drug-likeness (QED) is 0.421. The van der Waals surface area contributed by atoms with Crippen LogP contribution in [0.2, 0.25) is 0 Å². The predicted octanol–water partition coefficient (Wildman–Crippen LogP) is 5.88. The Bertz CT molecular complexity index is 1100. The minimum absolute atomic E-state index is 0.00308. The van der Waals surface area contributed by atoms with Crippen molar-refractivity contribution in [2.24, 2.45) is 11.8 Å². The molecule has 33 heavy (non-hydrogen) atoms. The molecule has 0 fully saturated rings. The average Bonchev–Trinajstić information content (AvgIpc) is 3.17. The van der Waals surface area contributed by atoms with Crippen LogP contribution in [0.25, 0.3) is 11.1 Å². The van der Waals surface area contributed by atoms with Gasteiger partial charge in [-0.3, -0.25) is 9.59 Å². The second-order valence-electron chi connectivity index (χ2n) is 9.68. The Labute approximate surface area is 198 Å². The monoisotopic (exact) mass is 469 g/mol. The third-order valence-corrected chi connectivity index (χ3v) is 7.30. The molecule has 0 radical (unpaired) electrons. The van der Waals surface area contributed by atoms with E-state index in [1.807, 2.05) is 43.5 Å². The third-order valence-electron chi connectivity index (χ3n) is 6.40. The van der Waals surface area contributed by atoms with E-state index in [2.05, 4.69) is 26.1 Å². The van der Waals surface area contributed by atoms with Crippen LogP contribution in [0.3, 0.4) is 0 Å². The van der Waals surface area contributed by atoms with Gasteiger partial charge in [0.25, 0.3) is 0 Å². The van der Waals surface area contributed by atoms with Gasteiger partial charge in [-0.1, -0.05) is 56.2 Å². The molecule has 1 heterocycles. The van der Waals surface area contributed by atoms with Gasteiger partial charge in [-0.05, 0) is 43.2 Å². The van der Waals surface area contributed by atoms with Gasteiger partial charge in [0, 0.05) is 10.9 Å². The number of aliphatic carboxylic acids is 1. The molecule has 176 valence electrons. The Morgan fingerprint density at radius 1 is 1.03 bits per heavy atom. The highest BCUT2D eigenvalue weighted by molar-refractivity contribution is 7.15. The number of esters is 1. The topological polar surface area (TPSA) is 92.7 Å². The summed E-state index contributed by atoms with van der Waals surface area (Å²) in [6, 6.07) is 7.98. The van der Waals surface area contributed by atoms with Crippen molar-refractivity contribution in [2.75, 3.05) is 12.4 Å². The highest BCUT2D eigenvalue weighted by Crippen LogP contribution is 2.39. The third kappa shape index (κ3) is 5.19. The number of amides is 1. The van der Waals surface area contributed by atoms with Crippen molar-refractivity contribution in [2.45, 2.75) is 52.9 Å². The van der Waals surface area contributed by atoms with Gasteiger partial charge in [0.1, 0.15) is 10.6 Å². The number of hydrogen-bond donors (Lipinski definition) is 2. The van der Waals surface area contributed by atoms with Crippen LogP contribution in [0.15, 0.2) is 40.8 Å². The number of carbonyl (C=O) groups is 3. The number of carboxylic acid groups (broad SMARTS) is 1. The summed E-state index contributed by atoms with van der Waals surface area (Å²) in [5.74, 6) is -3.42. The molecule has 1 aromatic carbocycles. The van der Waals surface area contributed by atoms with Crippen LogP contribution < -0.4 is 5.32 Å². The first-order chi connectivity index (χ1) is 15.4. The molecule has 1 amide bonds. The summed E-state index contributed by atoms with van der Waals surface area (Å²) < 4.78 is 5.01. The number of thiophene rings is 1. The van der Waals surface area contributed by atoms with Crippen LogP contribution in [-0.4, -0.2) is 30.1 Å². The van der Waals surface area contributed by atoms with Gasteiger partial charge in [-0.25, -0.2) is 4.79 Å². The average molecular weight is 470 g/mol. The van der Waals surface area contributed by atoms with Gasteiger partial charge < -0.3 is 15.2 Å². The summed E-state index contributed by atoms with van der Waals surface area (Å²) in [5.41, 5.74) is 5.02. The first-order valence-corrected chi connectivity index (χ1v) is 11.8. The zero-order valence-corrected chi connectivity index (χ0v) is 20.8. The maximum atomic E-state index is 13.2. The normalized spacial score (nSPS) is 18.7. The molecule has 6 nitrogen and oxygen atoms in total. The Hall–Kier alpha value is -2.93. The van der Waals surface area contributed by atoms with E-state index < -0.39 is 29.7 Å². The van der Waals surface area contributed by atoms with Gasteiger partial charge >= 0.3 is 11.9 Å². The second kappa shape index (κ2) is 9.51.